The maximum Gasteiger partial charge on any atom is 0.261 e. The number of aromatic amines is 2. The van der Waals surface area contributed by atoms with Crippen molar-refractivity contribution < 1.29 is 19.1 Å². The molecule has 0 fully saturated rings. The number of likely N-dealkylation sites (N-methyl/N-ethyl adjacent to an activating group) is 1. The number of nitrogens with one attached hydrogen (secondary N) is 2. The zero-order valence-corrected chi connectivity index (χ0v) is 16.7. The van der Waals surface area contributed by atoms with Crippen LogP contribution in [0.2, 0.25) is 0 Å². The van der Waals surface area contributed by atoms with Crippen molar-refractivity contribution in [3.63, 3.8) is 0 Å². The second kappa shape index (κ2) is 6.52. The van der Waals surface area contributed by atoms with Gasteiger partial charge in [0.25, 0.3) is 11.8 Å². The van der Waals surface area contributed by atoms with E-state index in [0.717, 1.165) is 26.7 Å². The molecule has 0 atom stereocenters. The third kappa shape index (κ3) is 2.38. The number of H-pyrrole nitrogens is 2. The van der Waals surface area contributed by atoms with Gasteiger partial charge in [0.1, 0.15) is 0 Å². The molecule has 7 heteroatoms. The van der Waals surface area contributed by atoms with Crippen molar-refractivity contribution in [1.82, 2.24) is 14.9 Å². The van der Waals surface area contributed by atoms with Gasteiger partial charge in [-0.3, -0.25) is 14.5 Å². The van der Waals surface area contributed by atoms with Gasteiger partial charge in [0, 0.05) is 58.4 Å². The zero-order valence-electron chi connectivity index (χ0n) is 16.7. The number of carbonyl (C=O) groups is 2. The Labute approximate surface area is 171 Å². The summed E-state index contributed by atoms with van der Waals surface area (Å²) in [7, 11) is 4.63. The number of carbonyl (C=O) groups excluding carboxylic acids is 2. The van der Waals surface area contributed by atoms with Gasteiger partial charge in [-0.1, -0.05) is 18.2 Å². The molecule has 30 heavy (non-hydrogen) atoms. The Balaban J connectivity index is 1.82. The smallest absolute Gasteiger partial charge is 0.261 e. The number of para-hydroxylation sites is 1. The van der Waals surface area contributed by atoms with Gasteiger partial charge in [0.2, 0.25) is 0 Å². The molecule has 0 spiro atoms. The Morgan fingerprint density at radius 1 is 0.767 bits per heavy atom. The van der Waals surface area contributed by atoms with Gasteiger partial charge in [0.15, 0.2) is 11.5 Å². The zero-order chi connectivity index (χ0) is 21.0. The highest BCUT2D eigenvalue weighted by Crippen LogP contribution is 2.42. The van der Waals surface area contributed by atoms with E-state index in [4.69, 9.17) is 9.47 Å². The lowest BCUT2D eigenvalue weighted by Gasteiger charge is -2.09. The fraction of sp³-hybridized carbons (Fsp3) is 0.130. The van der Waals surface area contributed by atoms with Gasteiger partial charge in [-0.25, -0.2) is 0 Å². The number of hydrogen-bond acceptors (Lipinski definition) is 4. The van der Waals surface area contributed by atoms with Crippen molar-refractivity contribution in [2.24, 2.45) is 0 Å². The molecule has 4 aromatic rings. The number of rotatable bonds is 4. The van der Waals surface area contributed by atoms with E-state index in [1.165, 1.54) is 7.05 Å². The van der Waals surface area contributed by atoms with Crippen LogP contribution < -0.4 is 9.47 Å². The highest BCUT2D eigenvalue weighted by atomic mass is 16.5. The van der Waals surface area contributed by atoms with Crippen LogP contribution in [0.4, 0.5) is 0 Å². The first-order chi connectivity index (χ1) is 14.5. The number of benzene rings is 2. The second-order valence-electron chi connectivity index (χ2n) is 7.12. The average molecular weight is 401 g/mol. The van der Waals surface area contributed by atoms with E-state index < -0.39 is 0 Å². The van der Waals surface area contributed by atoms with Crippen molar-refractivity contribution in [2.45, 2.75) is 0 Å². The van der Waals surface area contributed by atoms with Crippen molar-refractivity contribution in [1.29, 1.82) is 0 Å². The largest absolute Gasteiger partial charge is 0.493 e. The van der Waals surface area contributed by atoms with Crippen LogP contribution in [0.5, 0.6) is 11.5 Å². The maximum atomic E-state index is 13.1. The number of hydrogen-bond donors (Lipinski definition) is 2. The summed E-state index contributed by atoms with van der Waals surface area (Å²) < 4.78 is 10.8. The third-order valence-electron chi connectivity index (χ3n) is 5.60. The highest BCUT2D eigenvalue weighted by Gasteiger charge is 2.39. The predicted molar refractivity (Wildman–Crippen MR) is 114 cm³/mol. The van der Waals surface area contributed by atoms with E-state index in [2.05, 4.69) is 9.97 Å². The first-order valence-electron chi connectivity index (χ1n) is 9.41. The van der Waals surface area contributed by atoms with E-state index in [-0.39, 0.29) is 11.8 Å². The number of methoxy groups -OCH3 is 2. The molecule has 0 aliphatic carbocycles. The highest BCUT2D eigenvalue weighted by molar-refractivity contribution is 6.50. The molecule has 0 saturated heterocycles. The van der Waals surface area contributed by atoms with Crippen LogP contribution in [0.25, 0.3) is 33.0 Å². The van der Waals surface area contributed by atoms with Crippen LogP contribution in [0, 0.1) is 0 Å². The topological polar surface area (TPSA) is 87.4 Å². The Kier molecular flexibility index (Phi) is 3.92. The lowest BCUT2D eigenvalue weighted by Crippen LogP contribution is -2.26. The number of amides is 2. The molecule has 1 aliphatic heterocycles. The number of fused-ring (bicyclic) bond motifs is 2. The van der Waals surface area contributed by atoms with E-state index >= 15 is 0 Å². The van der Waals surface area contributed by atoms with Crippen molar-refractivity contribution >= 4 is 44.8 Å². The molecule has 1 aliphatic rings. The van der Waals surface area contributed by atoms with Crippen molar-refractivity contribution in [2.75, 3.05) is 21.3 Å². The molecule has 150 valence electrons. The summed E-state index contributed by atoms with van der Waals surface area (Å²) in [5.74, 6) is 0.464. The third-order valence-corrected chi connectivity index (χ3v) is 5.60. The minimum atomic E-state index is -0.337. The van der Waals surface area contributed by atoms with E-state index in [1.807, 2.05) is 36.4 Å². The first kappa shape index (κ1) is 18.1. The first-order valence-corrected chi connectivity index (χ1v) is 9.41. The second-order valence-corrected chi connectivity index (χ2v) is 7.12. The van der Waals surface area contributed by atoms with Crippen molar-refractivity contribution in [3.8, 4) is 11.5 Å². The molecule has 2 N–H and O–H groups in total. The molecule has 5 rings (SSSR count). The molecule has 2 amide bonds. The molecular formula is C23H19N3O4. The number of nitrogens with zero attached hydrogens (tertiary/aromatic N) is 1. The van der Waals surface area contributed by atoms with E-state index in [0.29, 0.717) is 33.8 Å². The summed E-state index contributed by atoms with van der Waals surface area (Å²) in [6.07, 6.45) is 3.53. The molecular weight excluding hydrogens is 382 g/mol. The van der Waals surface area contributed by atoms with Gasteiger partial charge in [0.05, 0.1) is 25.4 Å². The van der Waals surface area contributed by atoms with Gasteiger partial charge in [-0.15, -0.1) is 0 Å². The Hall–Kier alpha value is -4.00. The summed E-state index contributed by atoms with van der Waals surface area (Å²) >= 11 is 0. The van der Waals surface area contributed by atoms with Crippen LogP contribution in [-0.2, 0) is 9.59 Å². The predicted octanol–water partition coefficient (Wildman–Crippen LogP) is 3.58. The number of imide groups is 1. The normalized spacial score (nSPS) is 14.4. The molecule has 3 heterocycles. The number of ether oxygens (including phenoxy) is 2. The molecule has 0 saturated carbocycles. The standard InChI is InChI=1S/C23H19N3O4/c1-26-22(27)20(14-10-24-16-7-5-4-6-12(14)16)21(23(26)28)15-11-25-17-9-19(30-3)18(29-2)8-13(15)17/h4-11,24-25H,1-3H3. The number of aromatic nitrogens is 2. The van der Waals surface area contributed by atoms with Crippen LogP contribution in [0.3, 0.4) is 0 Å². The van der Waals surface area contributed by atoms with Crippen molar-refractivity contribution in [3.05, 3.63) is 59.9 Å². The Morgan fingerprint density at radius 2 is 1.33 bits per heavy atom. The van der Waals surface area contributed by atoms with Crippen LogP contribution in [0.15, 0.2) is 48.8 Å². The monoisotopic (exact) mass is 401 g/mol. The van der Waals surface area contributed by atoms with Gasteiger partial charge >= 0.3 is 0 Å². The molecule has 2 aromatic carbocycles. The fourth-order valence-electron chi connectivity index (χ4n) is 4.08. The molecule has 0 unspecified atom stereocenters. The Morgan fingerprint density at radius 3 is 2.00 bits per heavy atom. The fourth-order valence-corrected chi connectivity index (χ4v) is 4.08. The van der Waals surface area contributed by atoms with E-state index in [9.17, 15) is 9.59 Å². The summed E-state index contributed by atoms with van der Waals surface area (Å²) in [5.41, 5.74) is 3.79. The molecule has 0 bridgehead atoms. The summed E-state index contributed by atoms with van der Waals surface area (Å²) in [6, 6.07) is 11.3. The van der Waals surface area contributed by atoms with Crippen LogP contribution in [0.1, 0.15) is 11.1 Å². The molecule has 7 nitrogen and oxygen atoms in total. The summed E-state index contributed by atoms with van der Waals surface area (Å²) in [4.78, 5) is 33.8. The van der Waals surface area contributed by atoms with Gasteiger partial charge in [-0.2, -0.15) is 0 Å². The molecule has 2 aromatic heterocycles. The van der Waals surface area contributed by atoms with Gasteiger partial charge < -0.3 is 19.4 Å². The van der Waals surface area contributed by atoms with Gasteiger partial charge in [-0.05, 0) is 12.1 Å². The lowest BCUT2D eigenvalue weighted by molar-refractivity contribution is -0.134. The summed E-state index contributed by atoms with van der Waals surface area (Å²) in [5, 5.41) is 1.66. The quantitative estimate of drug-likeness (QED) is 0.512. The molecule has 0 radical (unpaired) electrons. The average Bonchev–Trinajstić information content (AvgIpc) is 3.43. The Bertz CT molecular complexity index is 1380. The minimum absolute atomic E-state index is 0.324. The SMILES string of the molecule is COc1cc2[nH]cc(C3=C(c4c[nH]c5ccccc45)C(=O)N(C)C3=O)c2cc1OC. The maximum absolute atomic E-state index is 13.1. The summed E-state index contributed by atoms with van der Waals surface area (Å²) in [6.45, 7) is 0. The minimum Gasteiger partial charge on any atom is -0.493 e. The van der Waals surface area contributed by atoms with E-state index in [1.54, 1.807) is 26.6 Å². The van der Waals surface area contributed by atoms with Crippen LogP contribution in [-0.4, -0.2) is 47.9 Å². The van der Waals surface area contributed by atoms with Crippen LogP contribution >= 0.6 is 0 Å². The lowest BCUT2D eigenvalue weighted by atomic mass is 9.95.